The number of rotatable bonds is 41. The normalized spacial score (nSPS) is 17.4. The second-order valence-corrected chi connectivity index (χ2v) is 35.2. The summed E-state index contributed by atoms with van der Waals surface area (Å²) in [6, 6.07) is 27.3. The molecule has 0 radical (unpaired) electrons. The van der Waals surface area contributed by atoms with Gasteiger partial charge < -0.3 is 107 Å². The number of carbonyl (C=O) groups is 13. The van der Waals surface area contributed by atoms with E-state index in [1.165, 1.54) is 54.9 Å². The fourth-order valence-corrected chi connectivity index (χ4v) is 17.3. The number of aromatic hydroxyl groups is 1. The van der Waals surface area contributed by atoms with E-state index in [4.69, 9.17) is 61.8 Å². The molecular weight excluding hydrogens is 1820 g/mol. The molecule has 138 heavy (non-hydrogen) atoms. The number of hydrogen-bond acceptors (Lipinski definition) is 32. The zero-order valence-electron chi connectivity index (χ0n) is 78.3. The zero-order chi connectivity index (χ0) is 99.9. The SMILES string of the molecule is CCc1c2c(nc3ccc(O)cc13)-c1cc3c(c(=O)n1C2)COC(=O)[C@@]3(CC)OC(=O)N(C)CCN(C)C(=O)OCc1ccc(NC(=O)C(C)NC(=O)C(NC(=O)CCOCCOCCNC(=O)C(CS(=O)(=O)O)NC(=O)CCn2c(CN(C)N(C)C(=O)OCC3c4ccccc4-c4ccccc43)cc3cccnc32)C(C)C)c(O[C@@H]2O[C@H](C(=O)OC)[C@@H](OC(C)=O)[C@H](OC(C)=O)[C@H]2OC(C)=O)c1. The largest absolute Gasteiger partial charge is 0.508 e. The summed E-state index contributed by atoms with van der Waals surface area (Å²) in [5.74, 6) is -11.4. The van der Waals surface area contributed by atoms with E-state index in [9.17, 15) is 85.2 Å². The minimum atomic E-state index is -4.82. The molecule has 43 nitrogen and oxygen atoms in total. The van der Waals surface area contributed by atoms with Gasteiger partial charge >= 0.3 is 48.1 Å². The van der Waals surface area contributed by atoms with Crippen molar-refractivity contribution < 1.29 is 137 Å². The molecule has 12 rings (SSSR count). The van der Waals surface area contributed by atoms with E-state index in [1.807, 2.05) is 67.6 Å². The Kier molecular flexibility index (Phi) is 33.6. The topological polar surface area (TPSA) is 533 Å². The number of nitrogens with zero attached hydrogens (tertiary/aromatic N) is 8. The van der Waals surface area contributed by atoms with Crippen LogP contribution in [0.4, 0.5) is 20.1 Å². The van der Waals surface area contributed by atoms with Gasteiger partial charge in [0.1, 0.15) is 60.8 Å². The number of benzene rings is 4. The number of phenols is 1. The molecule has 1 saturated heterocycles. The molecule has 0 saturated carbocycles. The van der Waals surface area contributed by atoms with Crippen LogP contribution in [-0.4, -0.2) is 277 Å². The summed E-state index contributed by atoms with van der Waals surface area (Å²) in [5, 5.41) is 27.5. The number of hydrazine groups is 1. The lowest BCUT2D eigenvalue weighted by molar-refractivity contribution is -0.282. The molecule has 8 aromatic rings. The van der Waals surface area contributed by atoms with Gasteiger partial charge in [-0.3, -0.25) is 47.7 Å². The van der Waals surface area contributed by atoms with E-state index in [0.29, 0.717) is 40.1 Å². The smallest absolute Gasteiger partial charge is 0.424 e. The first-order chi connectivity index (χ1) is 65.7. The van der Waals surface area contributed by atoms with Crippen LogP contribution in [0.2, 0.25) is 0 Å². The molecule has 4 aromatic heterocycles. The molecule has 7 heterocycles. The first-order valence-electron chi connectivity index (χ1n) is 44.5. The lowest BCUT2D eigenvalue weighted by Gasteiger charge is -2.43. The molecule has 0 bridgehead atoms. The molecule has 1 aliphatic carbocycles. The number of pyridine rings is 3. The average Bonchev–Trinajstić information content (AvgIpc) is 1.53. The van der Waals surface area contributed by atoms with E-state index < -0.39 is 173 Å². The maximum Gasteiger partial charge on any atom is 0.424 e. The van der Waals surface area contributed by atoms with Gasteiger partial charge in [-0.05, 0) is 114 Å². The number of cyclic esters (lactones) is 1. The van der Waals surface area contributed by atoms with Gasteiger partial charge in [0.2, 0.25) is 47.5 Å². The Labute approximate surface area is 792 Å². The molecule has 8 amide bonds. The number of anilines is 1. The highest BCUT2D eigenvalue weighted by molar-refractivity contribution is 7.85. The molecule has 4 aliphatic rings. The minimum absolute atomic E-state index is 0.000215. The van der Waals surface area contributed by atoms with Crippen molar-refractivity contribution in [1.82, 2.24) is 60.2 Å². The number of amides is 8. The zero-order valence-corrected chi connectivity index (χ0v) is 79.1. The van der Waals surface area contributed by atoms with Crippen LogP contribution in [-0.2, 0) is 155 Å². The summed E-state index contributed by atoms with van der Waals surface area (Å²) >= 11 is 0. The van der Waals surface area contributed by atoms with Crippen molar-refractivity contribution in [1.29, 1.82) is 0 Å². The van der Waals surface area contributed by atoms with Crippen molar-refractivity contribution in [2.24, 2.45) is 5.92 Å². The minimum Gasteiger partial charge on any atom is -0.508 e. The van der Waals surface area contributed by atoms with E-state index >= 15 is 0 Å². The molecule has 4 aromatic carbocycles. The number of methoxy groups -OCH3 is 1. The Bertz CT molecular complexity index is 6120. The number of carbonyl (C=O) groups excluding carboxylic acids is 13. The van der Waals surface area contributed by atoms with Gasteiger partial charge in [-0.1, -0.05) is 82.3 Å². The van der Waals surface area contributed by atoms with Crippen molar-refractivity contribution in [2.75, 3.05) is 99.0 Å². The third kappa shape index (κ3) is 24.2. The summed E-state index contributed by atoms with van der Waals surface area (Å²) in [7, 11) is 2.12. The average molecular weight is 1940 g/mol. The van der Waals surface area contributed by atoms with Gasteiger partial charge in [0, 0.05) is 128 Å². The predicted molar refractivity (Wildman–Crippen MR) is 489 cm³/mol. The van der Waals surface area contributed by atoms with Crippen LogP contribution in [0.1, 0.15) is 125 Å². The maximum atomic E-state index is 14.4. The molecule has 44 heteroatoms. The number of phenolic OH excluding ortho intramolecular Hbond substituents is 1. The molecule has 7 N–H and O–H groups in total. The fraction of sp³-hybridized carbons (Fsp3) is 0.447. The Balaban J connectivity index is 0.618. The van der Waals surface area contributed by atoms with Gasteiger partial charge in [-0.15, -0.1) is 0 Å². The second kappa shape index (κ2) is 45.2. The quantitative estimate of drug-likeness (QED) is 0.00767. The predicted octanol–water partition coefficient (Wildman–Crippen LogP) is 5.93. The van der Waals surface area contributed by atoms with Crippen LogP contribution in [0.25, 0.3) is 44.5 Å². The highest BCUT2D eigenvalue weighted by Gasteiger charge is 2.57. The first kappa shape index (κ1) is 103. The number of esters is 5. The summed E-state index contributed by atoms with van der Waals surface area (Å²) in [5.41, 5.74) is 6.04. The van der Waals surface area contributed by atoms with E-state index in [-0.39, 0.29) is 131 Å². The summed E-state index contributed by atoms with van der Waals surface area (Å²) < 4.78 is 106. The molecule has 738 valence electrons. The summed E-state index contributed by atoms with van der Waals surface area (Å²) in [4.78, 5) is 202. The Morgan fingerprint density at radius 2 is 1.36 bits per heavy atom. The van der Waals surface area contributed by atoms with Crippen molar-refractivity contribution >= 4 is 115 Å². The third-order valence-electron chi connectivity index (χ3n) is 23.8. The number of nitrogens with one attached hydrogen (secondary N) is 5. The summed E-state index contributed by atoms with van der Waals surface area (Å²) in [6.45, 7) is 9.43. The highest BCUT2D eigenvalue weighted by atomic mass is 32.2. The number of fused-ring (bicyclic) bond motifs is 9. The molecule has 3 aliphatic heterocycles. The first-order valence-corrected chi connectivity index (χ1v) is 46.1. The Morgan fingerprint density at radius 3 is 2.01 bits per heavy atom. The lowest BCUT2D eigenvalue weighted by Crippen LogP contribution is -2.64. The van der Waals surface area contributed by atoms with Crippen molar-refractivity contribution in [3.8, 4) is 34.0 Å². The van der Waals surface area contributed by atoms with Crippen molar-refractivity contribution in [3.63, 3.8) is 0 Å². The standard InChI is InChI=1S/C94H111N13O30S/c1-14-60-65-43-59(111)27-29-70(65)99-78-66(60)46-107-73(78)44-69-68(87(107)117)49-129-90(119)94(69,15-2)137-92(121)103(10)36-35-102(9)91(120)130-47-56-26-28-71(74(41-56)135-89-82(134-55(8)110)80(133-54(7)109)79(132-53(6)108)81(136-89)88(118)126-13)100-84(114)52(5)97-86(116)77(51(3)4)101-76(113)31-37-127-39-40-128-38-33-96-85(115)72(50-138(123,124)125)98-75(112)30-34-106-58(42-57-21-20-32-95-83(57)106)45-104(11)105(12)93(122)131-48-67-63-24-18-16-22-61(63)62-23-17-19-25-64(62)67/h16-29,32,41-44,51-52,67,72,77,79-82,89,111H,14-15,30-31,33-40,45-50H2,1-13H3,(H,96,115)(H,97,116)(H,98,112)(H,100,114)(H,101,113)(H,123,124,125)/t52?,72?,77?,79-,80-,81-,82+,89+,94-/m0/s1. The van der Waals surface area contributed by atoms with Crippen molar-refractivity contribution in [3.05, 3.63) is 170 Å². The number of hydrogen-bond donors (Lipinski definition) is 7. The van der Waals surface area contributed by atoms with Gasteiger partial charge in [-0.25, -0.2) is 44.0 Å². The van der Waals surface area contributed by atoms with E-state index in [2.05, 4.69) is 31.6 Å². The van der Waals surface area contributed by atoms with Crippen molar-refractivity contribution in [2.45, 2.75) is 174 Å². The number of aromatic nitrogens is 4. The van der Waals surface area contributed by atoms with Gasteiger partial charge in [0.15, 0.2) is 18.3 Å². The molecular formula is C94H111N13O30S. The Morgan fingerprint density at radius 1 is 0.696 bits per heavy atom. The van der Waals surface area contributed by atoms with E-state index in [1.54, 1.807) is 74.9 Å². The third-order valence-corrected chi connectivity index (χ3v) is 24.5. The van der Waals surface area contributed by atoms with Gasteiger partial charge in [-0.2, -0.15) is 8.42 Å². The molecule has 1 fully saturated rings. The van der Waals surface area contributed by atoms with E-state index in [0.717, 1.165) is 76.4 Å². The number of likely N-dealkylation sites (N-methyl/N-ethyl adjacent to an activating group) is 2. The highest BCUT2D eigenvalue weighted by Crippen LogP contribution is 2.46. The molecule has 0 spiro atoms. The Hall–Kier alpha value is -14.2. The van der Waals surface area contributed by atoms with Crippen LogP contribution < -0.4 is 36.9 Å². The molecule has 3 unspecified atom stereocenters. The second-order valence-electron chi connectivity index (χ2n) is 33.7. The monoisotopic (exact) mass is 1930 g/mol. The van der Waals surface area contributed by atoms with Gasteiger partial charge in [0.05, 0.1) is 74.8 Å². The molecule has 9 atom stereocenters. The number of ether oxygens (including phenoxy) is 12. The number of aryl methyl sites for hydroxylation is 2. The van der Waals surface area contributed by atoms with Crippen LogP contribution >= 0.6 is 0 Å². The maximum absolute atomic E-state index is 14.4. The summed E-state index contributed by atoms with van der Waals surface area (Å²) in [6.07, 6.45) is -10.6. The lowest BCUT2D eigenvalue weighted by atomic mass is 9.85. The van der Waals surface area contributed by atoms with Crippen LogP contribution in [0, 0.1) is 5.92 Å². The van der Waals surface area contributed by atoms with Crippen LogP contribution in [0.5, 0.6) is 11.5 Å². The van der Waals surface area contributed by atoms with Crippen LogP contribution in [0.3, 0.4) is 0 Å². The van der Waals surface area contributed by atoms with Crippen LogP contribution in [0.15, 0.2) is 120 Å². The fourth-order valence-electron chi connectivity index (χ4n) is 16.6. The van der Waals surface area contributed by atoms with Gasteiger partial charge in [0.25, 0.3) is 15.7 Å².